The number of ether oxygens (including phenoxy) is 1. The van der Waals surface area contributed by atoms with E-state index in [-0.39, 0.29) is 23.8 Å². The van der Waals surface area contributed by atoms with E-state index < -0.39 is 11.7 Å². The molecule has 204 valence electrons. The smallest absolute Gasteiger partial charge is 0.407 e. The number of para-hydroxylation sites is 2. The molecule has 8 nitrogen and oxygen atoms in total. The summed E-state index contributed by atoms with van der Waals surface area (Å²) in [6.07, 6.45) is 2.29. The first-order valence-corrected chi connectivity index (χ1v) is 13.2. The fourth-order valence-corrected chi connectivity index (χ4v) is 4.30. The standard InChI is InChI=1S/C31H36N4O4/c1-31(2,3)39-30(38)35-27-19-24(27)21-15-17-23(18-16-21)33-28(36)10-6-7-20-11-13-22(14-12-20)29(37)34-26-9-5-4-8-25(26)32/h4-5,8-9,11-18,24,27H,6-7,10,19,32H2,1-3H3,(H,33,36)(H,34,37)(H,35,38). The van der Waals surface area contributed by atoms with Gasteiger partial charge in [-0.15, -0.1) is 0 Å². The highest BCUT2D eigenvalue weighted by molar-refractivity contribution is 6.05. The lowest BCUT2D eigenvalue weighted by Crippen LogP contribution is -2.34. The van der Waals surface area contributed by atoms with E-state index in [1.54, 1.807) is 24.3 Å². The number of alkyl carbamates (subject to hydrolysis) is 1. The van der Waals surface area contributed by atoms with Gasteiger partial charge in [0.05, 0.1) is 11.4 Å². The second kappa shape index (κ2) is 12.0. The van der Waals surface area contributed by atoms with E-state index >= 15 is 0 Å². The molecule has 1 fully saturated rings. The van der Waals surface area contributed by atoms with Gasteiger partial charge in [0.15, 0.2) is 0 Å². The average molecular weight is 529 g/mol. The fourth-order valence-electron chi connectivity index (χ4n) is 4.30. The molecule has 3 amide bonds. The average Bonchev–Trinajstić information content (AvgIpc) is 3.64. The number of rotatable bonds is 9. The third-order valence-electron chi connectivity index (χ3n) is 6.41. The Bertz CT molecular complexity index is 1310. The zero-order valence-electron chi connectivity index (χ0n) is 22.6. The highest BCUT2D eigenvalue weighted by atomic mass is 16.6. The van der Waals surface area contributed by atoms with Crippen LogP contribution in [0.4, 0.5) is 21.9 Å². The maximum Gasteiger partial charge on any atom is 0.407 e. The first-order valence-electron chi connectivity index (χ1n) is 13.2. The van der Waals surface area contributed by atoms with Gasteiger partial charge in [-0.3, -0.25) is 9.59 Å². The summed E-state index contributed by atoms with van der Waals surface area (Å²) in [5, 5.41) is 8.67. The molecular formula is C31H36N4O4. The van der Waals surface area contributed by atoms with Gasteiger partial charge in [0, 0.05) is 29.6 Å². The Morgan fingerprint density at radius 3 is 2.28 bits per heavy atom. The summed E-state index contributed by atoms with van der Waals surface area (Å²) in [6.45, 7) is 5.52. The molecule has 39 heavy (non-hydrogen) atoms. The minimum atomic E-state index is -0.518. The van der Waals surface area contributed by atoms with E-state index in [1.807, 2.05) is 69.3 Å². The number of carbonyl (C=O) groups is 3. The Hall–Kier alpha value is -4.33. The van der Waals surface area contributed by atoms with Crippen molar-refractivity contribution in [3.05, 3.63) is 89.5 Å². The van der Waals surface area contributed by atoms with Crippen molar-refractivity contribution in [1.82, 2.24) is 5.32 Å². The molecule has 0 heterocycles. The van der Waals surface area contributed by atoms with Crippen molar-refractivity contribution in [2.24, 2.45) is 0 Å². The van der Waals surface area contributed by atoms with Crippen LogP contribution in [0.5, 0.6) is 0 Å². The van der Waals surface area contributed by atoms with Crippen LogP contribution in [-0.4, -0.2) is 29.6 Å². The van der Waals surface area contributed by atoms with Gasteiger partial charge in [-0.1, -0.05) is 36.4 Å². The van der Waals surface area contributed by atoms with Crippen LogP contribution in [-0.2, 0) is 16.0 Å². The molecule has 1 aliphatic rings. The number of carbonyl (C=O) groups excluding carboxylic acids is 3. The van der Waals surface area contributed by atoms with Crippen LogP contribution >= 0.6 is 0 Å². The number of anilines is 3. The third kappa shape index (κ3) is 8.33. The fraction of sp³-hybridized carbons (Fsp3) is 0.323. The van der Waals surface area contributed by atoms with Gasteiger partial charge in [-0.25, -0.2) is 4.79 Å². The van der Waals surface area contributed by atoms with E-state index in [4.69, 9.17) is 10.5 Å². The van der Waals surface area contributed by atoms with Gasteiger partial charge in [0.25, 0.3) is 5.91 Å². The second-order valence-electron chi connectivity index (χ2n) is 10.9. The molecule has 4 rings (SSSR count). The summed E-state index contributed by atoms with van der Waals surface area (Å²) < 4.78 is 5.32. The number of nitrogen functional groups attached to an aromatic ring is 1. The number of benzene rings is 3. The van der Waals surface area contributed by atoms with E-state index in [1.165, 1.54) is 0 Å². The van der Waals surface area contributed by atoms with Crippen molar-refractivity contribution in [1.29, 1.82) is 0 Å². The number of nitrogens with two attached hydrogens (primary N) is 1. The van der Waals surface area contributed by atoms with E-state index in [0.717, 1.165) is 29.7 Å². The summed E-state index contributed by atoms with van der Waals surface area (Å²) in [5.41, 5.74) is 9.94. The lowest BCUT2D eigenvalue weighted by atomic mass is 10.1. The highest BCUT2D eigenvalue weighted by Gasteiger charge is 2.40. The van der Waals surface area contributed by atoms with Crippen molar-refractivity contribution in [2.75, 3.05) is 16.4 Å². The second-order valence-corrected chi connectivity index (χ2v) is 10.9. The predicted octanol–water partition coefficient (Wildman–Crippen LogP) is 5.86. The molecule has 0 bridgehead atoms. The molecule has 0 spiro atoms. The number of nitrogens with one attached hydrogen (secondary N) is 3. The van der Waals surface area contributed by atoms with Crippen molar-refractivity contribution >= 4 is 35.0 Å². The summed E-state index contributed by atoms with van der Waals surface area (Å²) >= 11 is 0. The number of hydrogen-bond donors (Lipinski definition) is 4. The molecule has 0 aromatic heterocycles. The Balaban J connectivity index is 1.17. The lowest BCUT2D eigenvalue weighted by Gasteiger charge is -2.19. The molecule has 1 aliphatic carbocycles. The minimum absolute atomic E-state index is 0.0462. The third-order valence-corrected chi connectivity index (χ3v) is 6.41. The van der Waals surface area contributed by atoms with Gasteiger partial charge >= 0.3 is 6.09 Å². The minimum Gasteiger partial charge on any atom is -0.444 e. The molecule has 3 aromatic carbocycles. The zero-order valence-corrected chi connectivity index (χ0v) is 22.6. The molecule has 2 unspecified atom stereocenters. The van der Waals surface area contributed by atoms with Crippen LogP contribution in [0.3, 0.4) is 0 Å². The normalized spacial score (nSPS) is 16.2. The summed E-state index contributed by atoms with van der Waals surface area (Å²) in [7, 11) is 0. The van der Waals surface area contributed by atoms with Crippen molar-refractivity contribution in [3.8, 4) is 0 Å². The number of hydrogen-bond acceptors (Lipinski definition) is 5. The lowest BCUT2D eigenvalue weighted by molar-refractivity contribution is -0.116. The molecule has 0 radical (unpaired) electrons. The molecule has 3 aromatic rings. The van der Waals surface area contributed by atoms with Gasteiger partial charge in [-0.2, -0.15) is 0 Å². The van der Waals surface area contributed by atoms with Crippen LogP contribution in [0.2, 0.25) is 0 Å². The van der Waals surface area contributed by atoms with E-state index in [9.17, 15) is 14.4 Å². The van der Waals surface area contributed by atoms with Crippen LogP contribution in [0.15, 0.2) is 72.8 Å². The maximum atomic E-state index is 12.5. The summed E-state index contributed by atoms with van der Waals surface area (Å²) in [4.78, 5) is 36.9. The first kappa shape index (κ1) is 27.7. The SMILES string of the molecule is CC(C)(C)OC(=O)NC1CC1c1ccc(NC(=O)CCCc2ccc(C(=O)Nc3ccccc3N)cc2)cc1. The van der Waals surface area contributed by atoms with Crippen LogP contribution in [0.1, 0.15) is 67.4 Å². The topological polar surface area (TPSA) is 123 Å². The van der Waals surface area contributed by atoms with E-state index in [0.29, 0.717) is 29.8 Å². The van der Waals surface area contributed by atoms with Gasteiger partial charge in [0.2, 0.25) is 5.91 Å². The van der Waals surface area contributed by atoms with Gasteiger partial charge in [-0.05, 0) is 87.6 Å². The first-order chi connectivity index (χ1) is 18.6. The van der Waals surface area contributed by atoms with Crippen LogP contribution < -0.4 is 21.7 Å². The quantitative estimate of drug-likeness (QED) is 0.259. The molecule has 2 atom stereocenters. The summed E-state index contributed by atoms with van der Waals surface area (Å²) in [5.74, 6) is -0.00681. The Labute approximate surface area is 229 Å². The zero-order chi connectivity index (χ0) is 28.0. The van der Waals surface area contributed by atoms with E-state index in [2.05, 4.69) is 16.0 Å². The predicted molar refractivity (Wildman–Crippen MR) is 154 cm³/mol. The van der Waals surface area contributed by atoms with Crippen LogP contribution in [0.25, 0.3) is 0 Å². The monoisotopic (exact) mass is 528 g/mol. The molecule has 0 aliphatic heterocycles. The van der Waals surface area contributed by atoms with Gasteiger partial charge in [0.1, 0.15) is 5.60 Å². The molecule has 1 saturated carbocycles. The van der Waals surface area contributed by atoms with Crippen molar-refractivity contribution in [2.45, 2.75) is 64.0 Å². The Kier molecular flexibility index (Phi) is 8.54. The largest absolute Gasteiger partial charge is 0.444 e. The number of aryl methyl sites for hydroxylation is 1. The molecule has 0 saturated heterocycles. The Morgan fingerprint density at radius 1 is 0.923 bits per heavy atom. The Morgan fingerprint density at radius 2 is 1.62 bits per heavy atom. The highest BCUT2D eigenvalue weighted by Crippen LogP contribution is 2.41. The molecule has 5 N–H and O–H groups in total. The summed E-state index contributed by atoms with van der Waals surface area (Å²) in [6, 6.07) is 22.3. The van der Waals surface area contributed by atoms with Gasteiger partial charge < -0.3 is 26.4 Å². The number of amides is 3. The van der Waals surface area contributed by atoms with Crippen molar-refractivity contribution < 1.29 is 19.1 Å². The molecular weight excluding hydrogens is 492 g/mol. The maximum absolute atomic E-state index is 12.5. The van der Waals surface area contributed by atoms with Crippen LogP contribution in [0, 0.1) is 0 Å². The molecule has 8 heteroatoms. The van der Waals surface area contributed by atoms with Crippen molar-refractivity contribution in [3.63, 3.8) is 0 Å².